The van der Waals surface area contributed by atoms with Gasteiger partial charge in [-0.3, -0.25) is 0 Å². The largest absolute Gasteiger partial charge is 0.386 e. The van der Waals surface area contributed by atoms with E-state index < -0.39 is 0 Å². The second-order valence-corrected chi connectivity index (χ2v) is 3.21. The molecule has 0 saturated carbocycles. The first-order valence-corrected chi connectivity index (χ1v) is 4.75. The van der Waals surface area contributed by atoms with Crippen molar-refractivity contribution in [2.45, 2.75) is 20.8 Å². The van der Waals surface area contributed by atoms with E-state index in [9.17, 15) is 0 Å². The number of fused-ring (bicyclic) bond motifs is 1. The normalized spacial score (nSPS) is 8.73. The number of aromatic nitrogens is 1. The molecule has 0 unspecified atom stereocenters. The molecule has 0 aliphatic carbocycles. The Morgan fingerprint density at radius 1 is 1.20 bits per heavy atom. The molecule has 0 saturated heterocycles. The van der Waals surface area contributed by atoms with E-state index in [1.54, 1.807) is 0 Å². The third-order valence-electron chi connectivity index (χ3n) is 1.71. The minimum atomic E-state index is 0. The predicted molar refractivity (Wildman–Crippen MR) is 61.0 cm³/mol. The average molecular weight is 274 g/mol. The maximum absolute atomic E-state index is 4.12. The Labute approximate surface area is 117 Å². The molecular formula is C13H15NY-2. The first kappa shape index (κ1) is 14.7. The molecule has 1 nitrogen and oxygen atoms in total. The molecule has 0 fully saturated rings. The van der Waals surface area contributed by atoms with Gasteiger partial charge in [0, 0.05) is 32.7 Å². The van der Waals surface area contributed by atoms with Gasteiger partial charge in [0.1, 0.15) is 0 Å². The molecule has 0 atom stereocenters. The fraction of sp³-hybridized carbons (Fsp3) is 0.231. The summed E-state index contributed by atoms with van der Waals surface area (Å²) in [5.74, 6) is 0. The fourth-order valence-electron chi connectivity index (χ4n) is 1.13. The van der Waals surface area contributed by atoms with Gasteiger partial charge >= 0.3 is 0 Å². The maximum atomic E-state index is 4.12. The zero-order valence-electron chi connectivity index (χ0n) is 9.49. The summed E-state index contributed by atoms with van der Waals surface area (Å²) in [6, 6.07) is 10.1. The van der Waals surface area contributed by atoms with Crippen molar-refractivity contribution in [3.63, 3.8) is 0 Å². The zero-order chi connectivity index (χ0) is 10.4. The molecule has 2 heteroatoms. The van der Waals surface area contributed by atoms with Gasteiger partial charge in [0.05, 0.1) is 0 Å². The predicted octanol–water partition coefficient (Wildman–Crippen LogP) is 3.57. The number of nitrogens with zero attached hydrogens (tertiary/aromatic N) is 1. The van der Waals surface area contributed by atoms with Gasteiger partial charge in [-0.05, 0) is 12.4 Å². The van der Waals surface area contributed by atoms with Gasteiger partial charge in [-0.2, -0.15) is 26.0 Å². The van der Waals surface area contributed by atoms with Gasteiger partial charge < -0.3 is 11.4 Å². The molecule has 15 heavy (non-hydrogen) atoms. The van der Waals surface area contributed by atoms with Gasteiger partial charge in [-0.25, -0.2) is 0 Å². The summed E-state index contributed by atoms with van der Waals surface area (Å²) in [5.41, 5.74) is 2.26. The fourth-order valence-corrected chi connectivity index (χ4v) is 1.13. The van der Waals surface area contributed by atoms with Crippen LogP contribution in [0.15, 0.2) is 30.3 Å². The topological polar surface area (TPSA) is 12.9 Å². The molecule has 2 rings (SSSR count). The van der Waals surface area contributed by atoms with Crippen molar-refractivity contribution in [2.75, 3.05) is 0 Å². The first-order valence-electron chi connectivity index (χ1n) is 4.75. The Morgan fingerprint density at radius 3 is 2.53 bits per heavy atom. The Kier molecular flexibility index (Phi) is 7.81. The molecule has 1 aromatic heterocycles. The number of aryl methyl sites for hydroxylation is 1. The van der Waals surface area contributed by atoms with E-state index >= 15 is 0 Å². The molecular weight excluding hydrogens is 259 g/mol. The molecule has 0 bridgehead atoms. The Hall–Kier alpha value is -0.266. The van der Waals surface area contributed by atoms with Gasteiger partial charge in [0.25, 0.3) is 0 Å². The van der Waals surface area contributed by atoms with Crippen LogP contribution in [0.3, 0.4) is 0 Å². The minimum Gasteiger partial charge on any atom is -0.386 e. The Bertz CT molecular complexity index is 398. The van der Waals surface area contributed by atoms with Gasteiger partial charge in [-0.1, -0.05) is 30.0 Å². The third-order valence-corrected chi connectivity index (χ3v) is 1.71. The number of hydrogen-bond acceptors (Lipinski definition) is 1. The summed E-state index contributed by atoms with van der Waals surface area (Å²) in [5, 5.41) is 1.18. The zero-order valence-corrected chi connectivity index (χ0v) is 12.3. The molecule has 0 spiro atoms. The van der Waals surface area contributed by atoms with E-state index in [2.05, 4.69) is 36.3 Å². The smallest absolute Gasteiger partial charge is 0 e. The van der Waals surface area contributed by atoms with Gasteiger partial charge in [-0.15, -0.1) is 5.39 Å². The van der Waals surface area contributed by atoms with E-state index in [-0.39, 0.29) is 32.7 Å². The van der Waals surface area contributed by atoms with E-state index in [0.29, 0.717) is 0 Å². The van der Waals surface area contributed by atoms with E-state index in [1.165, 1.54) is 10.9 Å². The molecule has 1 radical (unpaired) electrons. The Balaban J connectivity index is 0.000000443. The van der Waals surface area contributed by atoms with Crippen molar-refractivity contribution in [2.24, 2.45) is 0 Å². The molecule has 77 valence electrons. The van der Waals surface area contributed by atoms with E-state index in [4.69, 9.17) is 0 Å². The quantitative estimate of drug-likeness (QED) is 0.669. The van der Waals surface area contributed by atoms with Crippen molar-refractivity contribution in [1.82, 2.24) is 4.98 Å². The Morgan fingerprint density at radius 2 is 1.87 bits per heavy atom. The van der Waals surface area contributed by atoms with Crippen molar-refractivity contribution in [1.29, 1.82) is 0 Å². The van der Waals surface area contributed by atoms with Crippen LogP contribution in [0.5, 0.6) is 0 Å². The molecule has 0 amide bonds. The summed E-state index contributed by atoms with van der Waals surface area (Å²) in [6.07, 6.45) is 4.81. The SMILES string of the molecule is C[CH-]C.Cc1ccc2cc[c-]nc2c1.[Y]. The second kappa shape index (κ2) is 7.95. The van der Waals surface area contributed by atoms with Crippen molar-refractivity contribution < 1.29 is 32.7 Å². The molecule has 0 N–H and O–H groups in total. The van der Waals surface area contributed by atoms with Crippen molar-refractivity contribution in [3.8, 4) is 0 Å². The monoisotopic (exact) mass is 274 g/mol. The third kappa shape index (κ3) is 4.86. The van der Waals surface area contributed by atoms with Gasteiger partial charge in [0.2, 0.25) is 0 Å². The van der Waals surface area contributed by atoms with Crippen LogP contribution >= 0.6 is 0 Å². The molecule has 0 aliphatic rings. The van der Waals surface area contributed by atoms with E-state index in [1.807, 2.05) is 32.4 Å². The minimum absolute atomic E-state index is 0. The summed E-state index contributed by atoms with van der Waals surface area (Å²) in [4.78, 5) is 4.12. The summed E-state index contributed by atoms with van der Waals surface area (Å²) in [7, 11) is 0. The first-order chi connectivity index (χ1) is 6.77. The average Bonchev–Trinajstić information content (AvgIpc) is 2.19. The van der Waals surface area contributed by atoms with Crippen LogP contribution in [-0.2, 0) is 32.7 Å². The van der Waals surface area contributed by atoms with Crippen LogP contribution in [0.2, 0.25) is 0 Å². The number of benzene rings is 1. The standard InChI is InChI=1S/C10H8N.C3H7.Y/c1-8-4-5-9-3-2-6-11-10(9)7-8;1-3-2;/h2-5,7H,1H3;3H,1-2H3;/q2*-1;. The van der Waals surface area contributed by atoms with Crippen molar-refractivity contribution in [3.05, 3.63) is 48.5 Å². The maximum Gasteiger partial charge on any atom is 0 e. The van der Waals surface area contributed by atoms with Crippen LogP contribution in [0, 0.1) is 19.5 Å². The van der Waals surface area contributed by atoms with Crippen LogP contribution in [0.4, 0.5) is 0 Å². The van der Waals surface area contributed by atoms with Gasteiger partial charge in [0.15, 0.2) is 0 Å². The van der Waals surface area contributed by atoms with Crippen molar-refractivity contribution >= 4 is 10.9 Å². The van der Waals surface area contributed by atoms with Crippen LogP contribution in [0.1, 0.15) is 19.4 Å². The molecule has 2 aromatic rings. The molecule has 1 heterocycles. The summed E-state index contributed by atoms with van der Waals surface area (Å²) < 4.78 is 0. The summed E-state index contributed by atoms with van der Waals surface area (Å²) >= 11 is 0. The van der Waals surface area contributed by atoms with Crippen LogP contribution in [0.25, 0.3) is 10.9 Å². The molecule has 0 aliphatic heterocycles. The number of rotatable bonds is 0. The van der Waals surface area contributed by atoms with Crippen LogP contribution < -0.4 is 0 Å². The number of hydrogen-bond donors (Lipinski definition) is 0. The molecule has 1 aromatic carbocycles. The van der Waals surface area contributed by atoms with E-state index in [0.717, 1.165) is 5.52 Å². The number of pyridine rings is 1. The summed E-state index contributed by atoms with van der Waals surface area (Å²) in [6.45, 7) is 6.06. The van der Waals surface area contributed by atoms with Crippen LogP contribution in [-0.4, -0.2) is 4.98 Å². The second-order valence-electron chi connectivity index (χ2n) is 3.21.